The van der Waals surface area contributed by atoms with Gasteiger partial charge in [-0.25, -0.2) is 9.97 Å². The summed E-state index contributed by atoms with van der Waals surface area (Å²) >= 11 is 12.4. The minimum Gasteiger partial charge on any atom is -0.496 e. The molecular weight excluding hydrogens is 565 g/mol. The van der Waals surface area contributed by atoms with Crippen LogP contribution in [0.5, 0.6) is 5.75 Å². The van der Waals surface area contributed by atoms with Gasteiger partial charge >= 0.3 is 0 Å². The Morgan fingerprint density at radius 2 is 1.38 bits per heavy atom. The summed E-state index contributed by atoms with van der Waals surface area (Å²) in [6.07, 6.45) is 0. The summed E-state index contributed by atoms with van der Waals surface area (Å²) in [7, 11) is 1.70. The van der Waals surface area contributed by atoms with Crippen molar-refractivity contribution in [2.45, 2.75) is 19.1 Å². The van der Waals surface area contributed by atoms with Gasteiger partial charge in [0.1, 0.15) is 17.4 Å². The van der Waals surface area contributed by atoms with E-state index in [4.69, 9.17) is 37.9 Å². The fraction of sp³-hybridized carbons (Fsp3) is 0.235. The third kappa shape index (κ3) is 6.53. The molecule has 0 spiro atoms. The van der Waals surface area contributed by atoms with Gasteiger partial charge in [-0.05, 0) is 53.6 Å². The van der Waals surface area contributed by atoms with Crippen LogP contribution in [0.4, 0.5) is 5.82 Å². The quantitative estimate of drug-likeness (QED) is 0.190. The normalized spacial score (nSPS) is 14.4. The average Bonchev–Trinajstić information content (AvgIpc) is 3.03. The molecule has 0 aliphatic carbocycles. The van der Waals surface area contributed by atoms with Crippen LogP contribution in [-0.2, 0) is 13.1 Å². The Morgan fingerprint density at radius 3 is 2.05 bits per heavy atom. The van der Waals surface area contributed by atoms with Gasteiger partial charge in [0.05, 0.1) is 25.2 Å². The van der Waals surface area contributed by atoms with Crippen molar-refractivity contribution in [1.29, 1.82) is 0 Å². The lowest BCUT2D eigenvalue weighted by molar-refractivity contribution is 0.103. The molecule has 4 aromatic carbocycles. The molecule has 6 nitrogen and oxygen atoms in total. The number of methoxy groups -OCH3 is 1. The molecule has 0 atom stereocenters. The number of para-hydroxylation sites is 2. The van der Waals surface area contributed by atoms with Gasteiger partial charge in [-0.3, -0.25) is 9.80 Å². The standard InChI is InChI=1S/C34H33Cl2N5O/c1-42-31-9-5-2-6-26(31)22-37-34-29-7-3-4-8-30(29)38-32(39-34)23-40-18-20-41(21-19-40)33(24-10-14-27(35)15-11-24)25-12-16-28(36)17-13-25/h2-17,33H,18-23H2,1H3,(H,37,38,39). The molecule has 0 bridgehead atoms. The van der Waals surface area contributed by atoms with Crippen LogP contribution in [0.1, 0.15) is 28.6 Å². The van der Waals surface area contributed by atoms with E-state index in [9.17, 15) is 0 Å². The van der Waals surface area contributed by atoms with Crippen molar-refractivity contribution in [3.63, 3.8) is 0 Å². The number of ether oxygens (including phenoxy) is 1. The van der Waals surface area contributed by atoms with Crippen LogP contribution in [0, 0.1) is 0 Å². The Kier molecular flexibility index (Phi) is 8.87. The molecule has 1 aromatic heterocycles. The molecule has 0 radical (unpaired) electrons. The largest absolute Gasteiger partial charge is 0.496 e. The van der Waals surface area contributed by atoms with Gasteiger partial charge in [0.2, 0.25) is 0 Å². The van der Waals surface area contributed by atoms with Crippen molar-refractivity contribution in [2.75, 3.05) is 38.6 Å². The first-order valence-electron chi connectivity index (χ1n) is 14.2. The number of anilines is 1. The van der Waals surface area contributed by atoms with Gasteiger partial charge in [0.15, 0.2) is 0 Å². The Bertz CT molecular complexity index is 1590. The zero-order valence-electron chi connectivity index (χ0n) is 23.5. The Hall–Kier alpha value is -3.68. The van der Waals surface area contributed by atoms with Gasteiger partial charge in [0, 0.05) is 53.7 Å². The monoisotopic (exact) mass is 597 g/mol. The molecule has 6 rings (SSSR count). The molecule has 1 N–H and O–H groups in total. The second-order valence-corrected chi connectivity index (χ2v) is 11.4. The molecule has 214 valence electrons. The number of fused-ring (bicyclic) bond motifs is 1. The van der Waals surface area contributed by atoms with E-state index < -0.39 is 0 Å². The molecule has 1 fully saturated rings. The molecule has 8 heteroatoms. The highest BCUT2D eigenvalue weighted by Crippen LogP contribution is 2.32. The lowest BCUT2D eigenvalue weighted by Crippen LogP contribution is -2.47. The van der Waals surface area contributed by atoms with Crippen molar-refractivity contribution in [1.82, 2.24) is 19.8 Å². The van der Waals surface area contributed by atoms with Gasteiger partial charge in [0.25, 0.3) is 0 Å². The first-order valence-corrected chi connectivity index (χ1v) is 14.9. The summed E-state index contributed by atoms with van der Waals surface area (Å²) in [6, 6.07) is 32.7. The minimum absolute atomic E-state index is 0.129. The number of halogens is 2. The van der Waals surface area contributed by atoms with Gasteiger partial charge in [-0.15, -0.1) is 0 Å². The van der Waals surface area contributed by atoms with Crippen molar-refractivity contribution < 1.29 is 4.74 Å². The van der Waals surface area contributed by atoms with E-state index in [1.807, 2.05) is 54.6 Å². The van der Waals surface area contributed by atoms with E-state index in [2.05, 4.69) is 57.6 Å². The fourth-order valence-electron chi connectivity index (χ4n) is 5.64. The second-order valence-electron chi connectivity index (χ2n) is 10.5. The maximum atomic E-state index is 6.22. The summed E-state index contributed by atoms with van der Waals surface area (Å²) in [5.41, 5.74) is 4.46. The van der Waals surface area contributed by atoms with Crippen LogP contribution in [0.25, 0.3) is 10.9 Å². The van der Waals surface area contributed by atoms with Crippen molar-refractivity contribution in [2.24, 2.45) is 0 Å². The third-order valence-corrected chi connectivity index (χ3v) is 8.30. The maximum absolute atomic E-state index is 6.22. The van der Waals surface area contributed by atoms with E-state index in [1.54, 1.807) is 7.11 Å². The Labute approximate surface area is 256 Å². The molecule has 5 aromatic rings. The highest BCUT2D eigenvalue weighted by atomic mass is 35.5. The first kappa shape index (κ1) is 28.4. The summed E-state index contributed by atoms with van der Waals surface area (Å²) in [5.74, 6) is 2.51. The molecule has 0 unspecified atom stereocenters. The Morgan fingerprint density at radius 1 is 0.762 bits per heavy atom. The van der Waals surface area contributed by atoms with Crippen molar-refractivity contribution >= 4 is 39.9 Å². The topological polar surface area (TPSA) is 53.5 Å². The SMILES string of the molecule is COc1ccccc1CNc1nc(CN2CCN(C(c3ccc(Cl)cc3)c3ccc(Cl)cc3)CC2)nc2ccccc12. The number of aromatic nitrogens is 2. The minimum atomic E-state index is 0.129. The van der Waals surface area contributed by atoms with Gasteiger partial charge in [-0.2, -0.15) is 0 Å². The zero-order valence-corrected chi connectivity index (χ0v) is 25.0. The highest BCUT2D eigenvalue weighted by molar-refractivity contribution is 6.30. The van der Waals surface area contributed by atoms with Crippen LogP contribution in [-0.4, -0.2) is 53.1 Å². The molecular formula is C34H33Cl2N5O. The van der Waals surface area contributed by atoms with Crippen molar-refractivity contribution in [3.05, 3.63) is 130 Å². The summed E-state index contributed by atoms with van der Waals surface area (Å²) in [5, 5.41) is 6.04. The fourth-order valence-corrected chi connectivity index (χ4v) is 5.89. The second kappa shape index (κ2) is 13.1. The molecule has 2 heterocycles. The van der Waals surface area contributed by atoms with Crippen LogP contribution < -0.4 is 10.1 Å². The number of nitrogens with zero attached hydrogens (tertiary/aromatic N) is 4. The van der Waals surface area contributed by atoms with E-state index in [1.165, 1.54) is 11.1 Å². The number of hydrogen-bond acceptors (Lipinski definition) is 6. The average molecular weight is 599 g/mol. The van der Waals surface area contributed by atoms with Crippen molar-refractivity contribution in [3.8, 4) is 5.75 Å². The molecule has 1 aliphatic heterocycles. The number of benzene rings is 4. The van der Waals surface area contributed by atoms with E-state index >= 15 is 0 Å². The molecule has 1 saturated heterocycles. The predicted octanol–water partition coefficient (Wildman–Crippen LogP) is 7.46. The lowest BCUT2D eigenvalue weighted by atomic mass is 9.96. The highest BCUT2D eigenvalue weighted by Gasteiger charge is 2.27. The smallest absolute Gasteiger partial charge is 0.145 e. The Balaban J connectivity index is 1.18. The maximum Gasteiger partial charge on any atom is 0.145 e. The molecule has 0 saturated carbocycles. The molecule has 42 heavy (non-hydrogen) atoms. The molecule has 0 amide bonds. The molecule has 1 aliphatic rings. The van der Waals surface area contributed by atoms with E-state index in [0.29, 0.717) is 13.1 Å². The van der Waals surface area contributed by atoms with Gasteiger partial charge < -0.3 is 10.1 Å². The predicted molar refractivity (Wildman–Crippen MR) is 171 cm³/mol. The van der Waals surface area contributed by atoms with Crippen LogP contribution >= 0.6 is 23.2 Å². The number of nitrogens with one attached hydrogen (secondary N) is 1. The number of hydrogen-bond donors (Lipinski definition) is 1. The summed E-state index contributed by atoms with van der Waals surface area (Å²) in [4.78, 5) is 14.9. The number of rotatable bonds is 9. The van der Waals surface area contributed by atoms with Crippen LogP contribution in [0.15, 0.2) is 97.1 Å². The summed E-state index contributed by atoms with van der Waals surface area (Å²) in [6.45, 7) is 4.97. The summed E-state index contributed by atoms with van der Waals surface area (Å²) < 4.78 is 5.54. The van der Waals surface area contributed by atoms with Crippen LogP contribution in [0.3, 0.4) is 0 Å². The number of piperazine rings is 1. The van der Waals surface area contributed by atoms with E-state index in [0.717, 1.165) is 70.1 Å². The lowest BCUT2D eigenvalue weighted by Gasteiger charge is -2.39. The van der Waals surface area contributed by atoms with Crippen LogP contribution in [0.2, 0.25) is 10.0 Å². The zero-order chi connectivity index (χ0) is 28.9. The van der Waals surface area contributed by atoms with Gasteiger partial charge in [-0.1, -0.05) is 77.8 Å². The van der Waals surface area contributed by atoms with E-state index in [-0.39, 0.29) is 6.04 Å². The first-order chi connectivity index (χ1) is 20.6. The third-order valence-electron chi connectivity index (χ3n) is 7.80.